The van der Waals surface area contributed by atoms with Crippen molar-refractivity contribution >= 4 is 6.03 Å². The molecule has 1 aliphatic heterocycles. The second-order valence-corrected chi connectivity index (χ2v) is 5.41. The third-order valence-corrected chi connectivity index (χ3v) is 3.60. The van der Waals surface area contributed by atoms with Gasteiger partial charge in [0.15, 0.2) is 0 Å². The van der Waals surface area contributed by atoms with Crippen LogP contribution >= 0.6 is 0 Å². The van der Waals surface area contributed by atoms with E-state index >= 15 is 0 Å². The normalized spacial score (nSPS) is 18.9. The van der Waals surface area contributed by atoms with E-state index in [-0.39, 0.29) is 12.1 Å². The number of nitrogens with zero attached hydrogens (tertiary/aromatic N) is 2. The summed E-state index contributed by atoms with van der Waals surface area (Å²) < 4.78 is 2.22. The van der Waals surface area contributed by atoms with E-state index in [0.29, 0.717) is 5.92 Å². The van der Waals surface area contributed by atoms with Crippen LogP contribution in [0.15, 0.2) is 18.3 Å². The molecule has 1 atom stereocenters. The maximum Gasteiger partial charge on any atom is 0.318 e. The Balaban J connectivity index is 1.92. The third-order valence-electron chi connectivity index (χ3n) is 3.60. The van der Waals surface area contributed by atoms with Crippen molar-refractivity contribution in [2.75, 3.05) is 13.1 Å². The molecule has 2 amide bonds. The molecule has 4 nitrogen and oxygen atoms in total. The molecule has 0 saturated carbocycles. The maximum absolute atomic E-state index is 12.1. The van der Waals surface area contributed by atoms with E-state index in [1.807, 2.05) is 11.0 Å². The van der Waals surface area contributed by atoms with Gasteiger partial charge >= 0.3 is 6.03 Å². The lowest BCUT2D eigenvalue weighted by Crippen LogP contribution is -2.46. The first-order valence-corrected chi connectivity index (χ1v) is 6.79. The summed E-state index contributed by atoms with van der Waals surface area (Å²) in [5.74, 6) is 0.626. The third kappa shape index (κ3) is 2.68. The topological polar surface area (TPSA) is 37.3 Å². The first kappa shape index (κ1) is 13.0. The van der Waals surface area contributed by atoms with Gasteiger partial charge in [-0.1, -0.05) is 13.8 Å². The van der Waals surface area contributed by atoms with Crippen LogP contribution in [0.1, 0.15) is 38.9 Å². The van der Waals surface area contributed by atoms with Crippen LogP contribution in [0.4, 0.5) is 4.79 Å². The highest BCUT2D eigenvalue weighted by molar-refractivity contribution is 5.74. The van der Waals surface area contributed by atoms with Crippen molar-refractivity contribution in [3.63, 3.8) is 0 Å². The van der Waals surface area contributed by atoms with E-state index in [4.69, 9.17) is 0 Å². The predicted molar refractivity (Wildman–Crippen MR) is 72.4 cm³/mol. The van der Waals surface area contributed by atoms with Gasteiger partial charge < -0.3 is 14.8 Å². The zero-order valence-corrected chi connectivity index (χ0v) is 11.5. The molecule has 0 unspecified atom stereocenters. The molecule has 0 aromatic carbocycles. The molecule has 0 saturated heterocycles. The number of carbonyl (C=O) groups is 1. The number of urea groups is 1. The summed E-state index contributed by atoms with van der Waals surface area (Å²) in [6.45, 7) is 8.87. The fraction of sp³-hybridized carbons (Fsp3) is 0.643. The second-order valence-electron chi connectivity index (χ2n) is 5.41. The Hall–Kier alpha value is -1.45. The van der Waals surface area contributed by atoms with Gasteiger partial charge in [0.1, 0.15) is 0 Å². The molecule has 100 valence electrons. The van der Waals surface area contributed by atoms with E-state index in [0.717, 1.165) is 26.1 Å². The van der Waals surface area contributed by atoms with E-state index in [2.05, 4.69) is 42.9 Å². The summed E-state index contributed by atoms with van der Waals surface area (Å²) in [4.78, 5) is 14.1. The van der Waals surface area contributed by atoms with E-state index < -0.39 is 0 Å². The number of amides is 2. The SMILES string of the molecule is CC(C)CCNC(=O)N1CCn2cccc2[C@H]1C. The standard InChI is InChI=1S/C14H23N3O/c1-11(2)6-7-15-14(18)17-10-9-16-8-4-5-13(16)12(17)3/h4-5,8,11-12H,6-7,9-10H2,1-3H3,(H,15,18)/t12-/m1/s1. The van der Waals surface area contributed by atoms with Crippen molar-refractivity contribution in [1.29, 1.82) is 0 Å². The van der Waals surface area contributed by atoms with Crippen LogP contribution in [-0.2, 0) is 6.54 Å². The Bertz CT molecular complexity index is 411. The molecule has 0 radical (unpaired) electrons. The summed E-state index contributed by atoms with van der Waals surface area (Å²) in [5, 5.41) is 3.01. The molecule has 1 aromatic rings. The van der Waals surface area contributed by atoms with Gasteiger partial charge in [-0.3, -0.25) is 0 Å². The molecular formula is C14H23N3O. The molecule has 0 aliphatic carbocycles. The number of hydrogen-bond acceptors (Lipinski definition) is 1. The van der Waals surface area contributed by atoms with Crippen LogP contribution in [0.25, 0.3) is 0 Å². The van der Waals surface area contributed by atoms with Crippen LogP contribution in [0.3, 0.4) is 0 Å². The lowest BCUT2D eigenvalue weighted by molar-refractivity contribution is 0.162. The largest absolute Gasteiger partial charge is 0.348 e. The lowest BCUT2D eigenvalue weighted by Gasteiger charge is -2.34. The zero-order valence-electron chi connectivity index (χ0n) is 11.5. The van der Waals surface area contributed by atoms with Crippen LogP contribution in [0.5, 0.6) is 0 Å². The van der Waals surface area contributed by atoms with Gasteiger partial charge in [0.25, 0.3) is 0 Å². The fourth-order valence-electron chi connectivity index (χ4n) is 2.43. The van der Waals surface area contributed by atoms with Crippen molar-refractivity contribution in [2.24, 2.45) is 5.92 Å². The summed E-state index contributed by atoms with van der Waals surface area (Å²) >= 11 is 0. The van der Waals surface area contributed by atoms with Crippen molar-refractivity contribution in [3.05, 3.63) is 24.0 Å². The van der Waals surface area contributed by atoms with Crippen LogP contribution in [-0.4, -0.2) is 28.6 Å². The van der Waals surface area contributed by atoms with Gasteiger partial charge in [0, 0.05) is 31.5 Å². The Morgan fingerprint density at radius 3 is 3.00 bits per heavy atom. The summed E-state index contributed by atoms with van der Waals surface area (Å²) in [7, 11) is 0. The van der Waals surface area contributed by atoms with Crippen LogP contribution in [0.2, 0.25) is 0 Å². The molecule has 2 rings (SSSR count). The smallest absolute Gasteiger partial charge is 0.318 e. The van der Waals surface area contributed by atoms with Gasteiger partial charge in [0.2, 0.25) is 0 Å². The lowest BCUT2D eigenvalue weighted by atomic mass is 10.1. The quantitative estimate of drug-likeness (QED) is 0.878. The minimum absolute atomic E-state index is 0.0654. The van der Waals surface area contributed by atoms with Gasteiger partial charge in [-0.2, -0.15) is 0 Å². The molecular weight excluding hydrogens is 226 g/mol. The molecule has 0 bridgehead atoms. The average molecular weight is 249 g/mol. The molecule has 4 heteroatoms. The minimum Gasteiger partial charge on any atom is -0.348 e. The number of hydrogen-bond donors (Lipinski definition) is 1. The predicted octanol–water partition coefficient (Wildman–Crippen LogP) is 2.62. The summed E-state index contributed by atoms with van der Waals surface area (Å²) in [6, 6.07) is 4.37. The van der Waals surface area contributed by atoms with E-state index in [9.17, 15) is 4.79 Å². The second kappa shape index (κ2) is 5.46. The summed E-state index contributed by atoms with van der Waals surface area (Å²) in [5.41, 5.74) is 1.22. The van der Waals surface area contributed by atoms with Crippen molar-refractivity contribution in [3.8, 4) is 0 Å². The highest BCUT2D eigenvalue weighted by Gasteiger charge is 2.26. The van der Waals surface area contributed by atoms with E-state index in [1.54, 1.807) is 0 Å². The highest BCUT2D eigenvalue weighted by Crippen LogP contribution is 2.24. The molecule has 18 heavy (non-hydrogen) atoms. The number of fused-ring (bicyclic) bond motifs is 1. The first-order chi connectivity index (χ1) is 8.59. The van der Waals surface area contributed by atoms with E-state index in [1.165, 1.54) is 5.69 Å². The molecule has 1 aromatic heterocycles. The number of carbonyl (C=O) groups excluding carboxylic acids is 1. The Morgan fingerprint density at radius 1 is 1.50 bits per heavy atom. The Labute approximate surface area is 109 Å². The minimum atomic E-state index is 0.0654. The molecule has 2 heterocycles. The Kier molecular flexibility index (Phi) is 3.94. The number of nitrogens with one attached hydrogen (secondary N) is 1. The van der Waals surface area contributed by atoms with Crippen LogP contribution in [0, 0.1) is 5.92 Å². The van der Waals surface area contributed by atoms with Gasteiger partial charge in [0.05, 0.1) is 6.04 Å². The molecule has 1 aliphatic rings. The Morgan fingerprint density at radius 2 is 2.28 bits per heavy atom. The molecule has 1 N–H and O–H groups in total. The van der Waals surface area contributed by atoms with Gasteiger partial charge in [-0.15, -0.1) is 0 Å². The summed E-state index contributed by atoms with van der Waals surface area (Å²) in [6.07, 6.45) is 3.12. The average Bonchev–Trinajstić information content (AvgIpc) is 2.77. The van der Waals surface area contributed by atoms with Crippen molar-refractivity contribution < 1.29 is 4.79 Å². The van der Waals surface area contributed by atoms with Gasteiger partial charge in [-0.05, 0) is 31.4 Å². The monoisotopic (exact) mass is 249 g/mol. The molecule has 0 spiro atoms. The zero-order chi connectivity index (χ0) is 13.1. The van der Waals surface area contributed by atoms with Gasteiger partial charge in [-0.25, -0.2) is 4.79 Å². The number of rotatable bonds is 3. The maximum atomic E-state index is 12.1. The molecule has 0 fully saturated rings. The number of aromatic nitrogens is 1. The highest BCUT2D eigenvalue weighted by atomic mass is 16.2. The van der Waals surface area contributed by atoms with Crippen molar-refractivity contribution in [2.45, 2.75) is 39.8 Å². The fourth-order valence-corrected chi connectivity index (χ4v) is 2.43. The van der Waals surface area contributed by atoms with Crippen molar-refractivity contribution in [1.82, 2.24) is 14.8 Å². The van der Waals surface area contributed by atoms with Crippen LogP contribution < -0.4 is 5.32 Å². The first-order valence-electron chi connectivity index (χ1n) is 6.79.